The highest BCUT2D eigenvalue weighted by molar-refractivity contribution is 6.24. The molecule has 0 aliphatic carbocycles. The standard InChI is InChI=1S/C22H23N3O3/c1-14-4-6-15(7-5-14)19-18-20(24-13-3-12-23(19)24)22(27)25(21(18)26)16-8-10-17(28-2)11-9-16/h4-11,18-20H,3,12-13H2,1-2H3/t18-,19-,20+/m1/s1. The van der Waals surface area contributed by atoms with Gasteiger partial charge in [0.1, 0.15) is 11.8 Å². The van der Waals surface area contributed by atoms with Gasteiger partial charge in [-0.25, -0.2) is 14.9 Å². The van der Waals surface area contributed by atoms with Crippen LogP contribution in [-0.4, -0.2) is 48.1 Å². The molecule has 3 aliphatic heterocycles. The van der Waals surface area contributed by atoms with Crippen LogP contribution >= 0.6 is 0 Å². The van der Waals surface area contributed by atoms with E-state index in [9.17, 15) is 9.59 Å². The van der Waals surface area contributed by atoms with Gasteiger partial charge in [0, 0.05) is 13.1 Å². The first-order valence-corrected chi connectivity index (χ1v) is 9.72. The molecule has 0 spiro atoms. The average Bonchev–Trinajstić information content (AvgIpc) is 3.35. The number of amides is 2. The van der Waals surface area contributed by atoms with E-state index in [1.54, 1.807) is 31.4 Å². The molecule has 3 atom stereocenters. The lowest BCUT2D eigenvalue weighted by Gasteiger charge is -2.29. The van der Waals surface area contributed by atoms with E-state index in [1.165, 1.54) is 10.5 Å². The molecule has 2 amide bonds. The summed E-state index contributed by atoms with van der Waals surface area (Å²) >= 11 is 0. The van der Waals surface area contributed by atoms with E-state index < -0.39 is 6.04 Å². The van der Waals surface area contributed by atoms with Crippen molar-refractivity contribution < 1.29 is 14.3 Å². The topological polar surface area (TPSA) is 53.1 Å². The van der Waals surface area contributed by atoms with Crippen LogP contribution in [0, 0.1) is 12.8 Å². The molecule has 2 aromatic rings. The predicted octanol–water partition coefficient (Wildman–Crippen LogP) is 2.54. The van der Waals surface area contributed by atoms with E-state index in [1.807, 2.05) is 0 Å². The fourth-order valence-electron chi connectivity index (χ4n) is 4.86. The first-order chi connectivity index (χ1) is 13.6. The molecule has 3 aliphatic rings. The molecular formula is C22H23N3O3. The molecule has 0 radical (unpaired) electrons. The fourth-order valence-corrected chi connectivity index (χ4v) is 4.86. The van der Waals surface area contributed by atoms with Gasteiger partial charge in [-0.3, -0.25) is 9.59 Å². The van der Waals surface area contributed by atoms with E-state index in [0.717, 1.165) is 25.1 Å². The Balaban J connectivity index is 1.55. The van der Waals surface area contributed by atoms with E-state index in [-0.39, 0.29) is 23.8 Å². The van der Waals surface area contributed by atoms with Gasteiger partial charge in [-0.05, 0) is 43.2 Å². The van der Waals surface area contributed by atoms with Crippen molar-refractivity contribution in [1.82, 2.24) is 10.0 Å². The molecule has 6 nitrogen and oxygen atoms in total. The minimum absolute atomic E-state index is 0.0900. The summed E-state index contributed by atoms with van der Waals surface area (Å²) in [6, 6.07) is 14.9. The third kappa shape index (κ3) is 2.41. The van der Waals surface area contributed by atoms with Gasteiger partial charge in [-0.1, -0.05) is 29.8 Å². The third-order valence-corrected chi connectivity index (χ3v) is 6.16. The number of methoxy groups -OCH3 is 1. The van der Waals surface area contributed by atoms with Crippen LogP contribution in [-0.2, 0) is 9.59 Å². The number of hydrogen-bond donors (Lipinski definition) is 0. The van der Waals surface area contributed by atoms with Crippen molar-refractivity contribution in [2.24, 2.45) is 5.92 Å². The second kappa shape index (κ2) is 6.43. The van der Waals surface area contributed by atoms with Crippen LogP contribution in [0.25, 0.3) is 0 Å². The number of carbonyl (C=O) groups is 2. The highest BCUT2D eigenvalue weighted by Crippen LogP contribution is 2.48. The summed E-state index contributed by atoms with van der Waals surface area (Å²) < 4.78 is 5.20. The molecule has 5 rings (SSSR count). The van der Waals surface area contributed by atoms with E-state index >= 15 is 0 Å². The van der Waals surface area contributed by atoms with Gasteiger partial charge in [-0.2, -0.15) is 0 Å². The van der Waals surface area contributed by atoms with Gasteiger partial charge in [0.05, 0.1) is 24.8 Å². The maximum atomic E-state index is 13.5. The maximum absolute atomic E-state index is 13.5. The molecule has 0 bridgehead atoms. The molecule has 2 aromatic carbocycles. The van der Waals surface area contributed by atoms with Crippen molar-refractivity contribution in [3.8, 4) is 5.75 Å². The summed E-state index contributed by atoms with van der Waals surface area (Å²) in [6.45, 7) is 3.76. The second-order valence-corrected chi connectivity index (χ2v) is 7.72. The normalized spacial score (nSPS) is 27.4. The number of aryl methyl sites for hydroxylation is 1. The quantitative estimate of drug-likeness (QED) is 0.770. The zero-order chi connectivity index (χ0) is 19.4. The van der Waals surface area contributed by atoms with Gasteiger partial charge >= 0.3 is 0 Å². The molecule has 3 heterocycles. The van der Waals surface area contributed by atoms with Crippen LogP contribution in [0.15, 0.2) is 48.5 Å². The lowest BCUT2D eigenvalue weighted by atomic mass is 9.89. The lowest BCUT2D eigenvalue weighted by Crippen LogP contribution is -2.44. The van der Waals surface area contributed by atoms with Gasteiger partial charge in [0.15, 0.2) is 0 Å². The van der Waals surface area contributed by atoms with E-state index in [4.69, 9.17) is 4.74 Å². The summed E-state index contributed by atoms with van der Waals surface area (Å²) in [4.78, 5) is 28.2. The van der Waals surface area contributed by atoms with Crippen LogP contribution in [0.2, 0.25) is 0 Å². The summed E-state index contributed by atoms with van der Waals surface area (Å²) in [5.74, 6) is 0.0886. The van der Waals surface area contributed by atoms with Crippen molar-refractivity contribution in [3.05, 3.63) is 59.7 Å². The fraction of sp³-hybridized carbons (Fsp3) is 0.364. The summed E-state index contributed by atoms with van der Waals surface area (Å²) in [7, 11) is 1.60. The third-order valence-electron chi connectivity index (χ3n) is 6.16. The SMILES string of the molecule is COc1ccc(N2C(=O)[C@H]3[C@@H](C2=O)N2CCCN2[C@@H]3c2ccc(C)cc2)cc1. The molecule has 28 heavy (non-hydrogen) atoms. The Bertz CT molecular complexity index is 925. The van der Waals surface area contributed by atoms with Crippen molar-refractivity contribution in [2.45, 2.75) is 25.4 Å². The number of ether oxygens (including phenoxy) is 1. The number of hydrogen-bond acceptors (Lipinski definition) is 5. The van der Waals surface area contributed by atoms with Crippen LogP contribution in [0.3, 0.4) is 0 Å². The Hall–Kier alpha value is -2.70. The first-order valence-electron chi connectivity index (χ1n) is 9.72. The molecule has 144 valence electrons. The van der Waals surface area contributed by atoms with Crippen molar-refractivity contribution >= 4 is 17.5 Å². The maximum Gasteiger partial charge on any atom is 0.253 e. The number of benzene rings is 2. The highest BCUT2D eigenvalue weighted by atomic mass is 16.5. The Morgan fingerprint density at radius 2 is 1.50 bits per heavy atom. The highest BCUT2D eigenvalue weighted by Gasteiger charge is 2.62. The molecular weight excluding hydrogens is 354 g/mol. The number of fused-ring (bicyclic) bond motifs is 3. The Morgan fingerprint density at radius 3 is 2.14 bits per heavy atom. The minimum Gasteiger partial charge on any atom is -0.497 e. The summed E-state index contributed by atoms with van der Waals surface area (Å²) in [5, 5.41) is 4.36. The Kier molecular flexibility index (Phi) is 4.00. The van der Waals surface area contributed by atoms with Crippen LogP contribution in [0.1, 0.15) is 23.6 Å². The predicted molar refractivity (Wildman–Crippen MR) is 105 cm³/mol. The zero-order valence-corrected chi connectivity index (χ0v) is 16.0. The molecule has 0 saturated carbocycles. The number of hydrazine groups is 1. The molecule has 0 unspecified atom stereocenters. The zero-order valence-electron chi connectivity index (χ0n) is 16.0. The molecule has 0 aromatic heterocycles. The van der Waals surface area contributed by atoms with Crippen molar-refractivity contribution in [1.29, 1.82) is 0 Å². The lowest BCUT2D eigenvalue weighted by molar-refractivity contribution is -0.126. The van der Waals surface area contributed by atoms with Gasteiger partial charge in [0.25, 0.3) is 5.91 Å². The van der Waals surface area contributed by atoms with Crippen LogP contribution < -0.4 is 9.64 Å². The van der Waals surface area contributed by atoms with Gasteiger partial charge < -0.3 is 4.74 Å². The van der Waals surface area contributed by atoms with E-state index in [2.05, 4.69) is 41.2 Å². The minimum atomic E-state index is -0.414. The summed E-state index contributed by atoms with van der Waals surface area (Å²) in [5.41, 5.74) is 2.89. The smallest absolute Gasteiger partial charge is 0.253 e. The first kappa shape index (κ1) is 17.4. The number of carbonyl (C=O) groups excluding carboxylic acids is 2. The van der Waals surface area contributed by atoms with Gasteiger partial charge in [-0.15, -0.1) is 0 Å². The monoisotopic (exact) mass is 377 g/mol. The van der Waals surface area contributed by atoms with Crippen molar-refractivity contribution in [2.75, 3.05) is 25.1 Å². The molecule has 0 N–H and O–H groups in total. The Labute approximate surface area is 164 Å². The molecule has 3 fully saturated rings. The molecule has 6 heteroatoms. The van der Waals surface area contributed by atoms with Crippen LogP contribution in [0.4, 0.5) is 5.69 Å². The average molecular weight is 377 g/mol. The van der Waals surface area contributed by atoms with Gasteiger partial charge in [0.2, 0.25) is 5.91 Å². The number of imide groups is 1. The van der Waals surface area contributed by atoms with E-state index in [0.29, 0.717) is 11.4 Å². The summed E-state index contributed by atoms with van der Waals surface area (Å²) in [6.07, 6.45) is 1.01. The van der Waals surface area contributed by atoms with Crippen LogP contribution in [0.5, 0.6) is 5.75 Å². The largest absolute Gasteiger partial charge is 0.497 e. The number of nitrogens with zero attached hydrogens (tertiary/aromatic N) is 3. The van der Waals surface area contributed by atoms with Crippen molar-refractivity contribution in [3.63, 3.8) is 0 Å². The molecule has 3 saturated heterocycles. The number of anilines is 1. The number of rotatable bonds is 3. The second-order valence-electron chi connectivity index (χ2n) is 7.72. The Morgan fingerprint density at radius 1 is 0.857 bits per heavy atom.